The molecule has 2 atom stereocenters. The van der Waals surface area contributed by atoms with E-state index in [0.29, 0.717) is 16.8 Å². The average Bonchev–Trinajstić information content (AvgIpc) is 3.39. The van der Waals surface area contributed by atoms with Crippen LogP contribution in [0.3, 0.4) is 0 Å². The van der Waals surface area contributed by atoms with Crippen molar-refractivity contribution in [2.45, 2.75) is 78.6 Å². The number of halogens is 4. The van der Waals surface area contributed by atoms with Gasteiger partial charge in [0.25, 0.3) is 0 Å². The van der Waals surface area contributed by atoms with Gasteiger partial charge in [-0.3, -0.25) is 14.6 Å². The number of aryl methyl sites for hydroxylation is 1. The van der Waals surface area contributed by atoms with Crippen LogP contribution in [0.1, 0.15) is 64.5 Å². The molecule has 0 fully saturated rings. The SMILES string of the molecule is CC.CCC(C)O.[CH-]=CN=[C-]C(=O)C(CCC(F)(F)F)NC(=O)CNC(=O)C1=CN=C(c2cc(C)cc(F)c2)C1.[K+]. The molecule has 0 radical (unpaired) electrons. The fourth-order valence-corrected chi connectivity index (χ4v) is 2.92. The van der Waals surface area contributed by atoms with Crippen LogP contribution < -0.4 is 62.0 Å². The van der Waals surface area contributed by atoms with Gasteiger partial charge in [-0.15, -0.1) is 6.21 Å². The van der Waals surface area contributed by atoms with Crippen molar-refractivity contribution in [3.05, 3.63) is 59.7 Å². The van der Waals surface area contributed by atoms with Crippen molar-refractivity contribution < 1.29 is 88.4 Å². The van der Waals surface area contributed by atoms with Crippen molar-refractivity contribution in [1.82, 2.24) is 10.6 Å². The molecule has 1 aromatic rings. The zero-order valence-electron chi connectivity index (χ0n) is 24.2. The second kappa shape index (κ2) is 21.6. The topological polar surface area (TPSA) is 120 Å². The van der Waals surface area contributed by atoms with Gasteiger partial charge in [0, 0.05) is 24.6 Å². The normalized spacial score (nSPS) is 13.6. The van der Waals surface area contributed by atoms with Crippen molar-refractivity contribution in [2.24, 2.45) is 9.98 Å². The quantitative estimate of drug-likeness (QED) is 0.153. The number of nitrogens with one attached hydrogen (secondary N) is 2. The molecular formula is C28H36F4KN4O4-. The number of aliphatic hydroxyl groups is 1. The zero-order valence-corrected chi connectivity index (χ0v) is 27.4. The van der Waals surface area contributed by atoms with Gasteiger partial charge in [0.1, 0.15) is 11.6 Å². The summed E-state index contributed by atoms with van der Waals surface area (Å²) in [5.41, 5.74) is 1.88. The third-order valence-corrected chi connectivity index (χ3v) is 5.02. The standard InChI is InChI=1S/C22H20F4N4O3.C4H10O.C2H6.K/c1-3-27-11-19(31)17(4-5-22(24,25)26)30-20(32)12-29-21(33)15-9-18(28-10-15)14-6-13(2)7-16(23)8-14;1-3-4(2)5;1-2;/h1,3,6-8,10,17H,4-5,9,12H2,2H3,(H,29,33)(H,30,32);4-5H,3H2,1-2H3;1-2H3;/q-2;;;+1. The van der Waals surface area contributed by atoms with Gasteiger partial charge >= 0.3 is 57.6 Å². The fraction of sp³-hybridized carbons (Fsp3) is 0.464. The predicted molar refractivity (Wildman–Crippen MR) is 145 cm³/mol. The van der Waals surface area contributed by atoms with Gasteiger partial charge in [-0.05, 0) is 56.0 Å². The minimum absolute atomic E-state index is 0. The Hall–Kier alpha value is -2.03. The molecule has 0 aliphatic carbocycles. The number of aliphatic imine (C=N–C) groups is 2. The number of nitrogens with zero attached hydrogens (tertiary/aromatic N) is 2. The number of ketones is 1. The van der Waals surface area contributed by atoms with Crippen LogP contribution in [0.2, 0.25) is 0 Å². The van der Waals surface area contributed by atoms with E-state index < -0.39 is 55.0 Å². The van der Waals surface area contributed by atoms with E-state index in [-0.39, 0.29) is 69.5 Å². The summed E-state index contributed by atoms with van der Waals surface area (Å²) in [7, 11) is 0. The van der Waals surface area contributed by atoms with Gasteiger partial charge in [-0.25, -0.2) is 4.39 Å². The van der Waals surface area contributed by atoms with Crippen LogP contribution in [0.4, 0.5) is 17.6 Å². The molecule has 1 aliphatic heterocycles. The number of benzene rings is 1. The Morgan fingerprint density at radius 2 is 1.85 bits per heavy atom. The van der Waals surface area contributed by atoms with E-state index in [1.165, 1.54) is 18.3 Å². The van der Waals surface area contributed by atoms with Crippen LogP contribution in [0.25, 0.3) is 0 Å². The molecular weight excluding hydrogens is 571 g/mol. The van der Waals surface area contributed by atoms with E-state index >= 15 is 0 Å². The van der Waals surface area contributed by atoms with Gasteiger partial charge in [-0.1, -0.05) is 20.8 Å². The number of Topliss-reactive ketones (excluding diaryl/α,β-unsaturated/α-hetero) is 1. The van der Waals surface area contributed by atoms with Crippen LogP contribution in [0.5, 0.6) is 0 Å². The van der Waals surface area contributed by atoms with Crippen LogP contribution in [0.15, 0.2) is 46.2 Å². The van der Waals surface area contributed by atoms with Crippen molar-refractivity contribution >= 4 is 29.5 Å². The summed E-state index contributed by atoms with van der Waals surface area (Å²) >= 11 is 0. The first-order valence-corrected chi connectivity index (χ1v) is 12.6. The Morgan fingerprint density at radius 1 is 1.24 bits per heavy atom. The Morgan fingerprint density at radius 3 is 2.37 bits per heavy atom. The molecule has 0 saturated carbocycles. The number of carbonyl (C=O) groups excluding carboxylic acids is 3. The van der Waals surface area contributed by atoms with Crippen LogP contribution in [-0.4, -0.2) is 59.5 Å². The maximum atomic E-state index is 13.6. The molecule has 1 heterocycles. The first-order valence-electron chi connectivity index (χ1n) is 12.6. The summed E-state index contributed by atoms with van der Waals surface area (Å²) in [4.78, 5) is 43.7. The summed E-state index contributed by atoms with van der Waals surface area (Å²) in [6, 6.07) is 2.81. The molecule has 1 aromatic carbocycles. The maximum absolute atomic E-state index is 13.6. The molecule has 222 valence electrons. The van der Waals surface area contributed by atoms with Gasteiger partial charge in [0.05, 0.1) is 24.4 Å². The molecule has 13 heteroatoms. The first kappa shape index (κ1) is 41.1. The number of alkyl halides is 3. The van der Waals surface area contributed by atoms with E-state index in [9.17, 15) is 31.9 Å². The predicted octanol–water partition coefficient (Wildman–Crippen LogP) is 1.43. The summed E-state index contributed by atoms with van der Waals surface area (Å²) in [6.45, 7) is 13.8. The van der Waals surface area contributed by atoms with Crippen molar-refractivity contribution in [2.75, 3.05) is 6.54 Å². The second-order valence-corrected chi connectivity index (χ2v) is 8.39. The van der Waals surface area contributed by atoms with Gasteiger partial charge in [0.2, 0.25) is 11.8 Å². The summed E-state index contributed by atoms with van der Waals surface area (Å²) < 4.78 is 51.1. The number of hydrogen-bond donors (Lipinski definition) is 3. The first-order chi connectivity index (χ1) is 18.7. The van der Waals surface area contributed by atoms with E-state index in [1.807, 2.05) is 27.0 Å². The van der Waals surface area contributed by atoms with E-state index in [0.717, 1.165) is 12.6 Å². The van der Waals surface area contributed by atoms with Crippen molar-refractivity contribution in [1.29, 1.82) is 0 Å². The molecule has 1 aliphatic rings. The van der Waals surface area contributed by atoms with Gasteiger partial charge in [-0.2, -0.15) is 13.2 Å². The Balaban J connectivity index is 0. The van der Waals surface area contributed by atoms with Crippen LogP contribution in [-0.2, 0) is 14.4 Å². The van der Waals surface area contributed by atoms with Crippen LogP contribution in [0, 0.1) is 19.3 Å². The Labute approximate surface area is 281 Å². The number of hydrogen-bond acceptors (Lipinski definition) is 6. The number of amides is 2. The molecule has 0 aromatic heterocycles. The molecule has 2 amide bonds. The third-order valence-electron chi connectivity index (χ3n) is 5.02. The van der Waals surface area contributed by atoms with Crippen molar-refractivity contribution in [3.8, 4) is 0 Å². The van der Waals surface area contributed by atoms with E-state index in [1.54, 1.807) is 19.9 Å². The Bertz CT molecular complexity index is 1080. The summed E-state index contributed by atoms with van der Waals surface area (Å²) in [5, 5.41) is 12.8. The number of aliphatic hydroxyl groups excluding tert-OH is 1. The molecule has 8 nitrogen and oxygen atoms in total. The second-order valence-electron chi connectivity index (χ2n) is 8.39. The van der Waals surface area contributed by atoms with Crippen LogP contribution >= 0.6 is 0 Å². The molecule has 0 bridgehead atoms. The molecule has 2 unspecified atom stereocenters. The fourth-order valence-electron chi connectivity index (χ4n) is 2.92. The number of rotatable bonds is 11. The van der Waals surface area contributed by atoms with E-state index in [4.69, 9.17) is 11.7 Å². The molecule has 0 spiro atoms. The summed E-state index contributed by atoms with van der Waals surface area (Å²) in [6.07, 6.45) is -1.85. The monoisotopic (exact) mass is 607 g/mol. The molecule has 2 rings (SSSR count). The maximum Gasteiger partial charge on any atom is 1.00 e. The van der Waals surface area contributed by atoms with Gasteiger partial charge in [0.15, 0.2) is 0 Å². The Kier molecular flexibility index (Phi) is 21.7. The largest absolute Gasteiger partial charge is 1.00 e. The minimum Gasteiger partial charge on any atom is -0.601 e. The molecule has 0 saturated heterocycles. The third kappa shape index (κ3) is 18.2. The van der Waals surface area contributed by atoms with E-state index in [2.05, 4.69) is 20.6 Å². The van der Waals surface area contributed by atoms with Crippen molar-refractivity contribution in [3.63, 3.8) is 0 Å². The average molecular weight is 608 g/mol. The zero-order chi connectivity index (χ0) is 30.9. The molecule has 3 N–H and O–H groups in total. The smallest absolute Gasteiger partial charge is 0.601 e. The minimum atomic E-state index is -4.54. The molecule has 41 heavy (non-hydrogen) atoms. The number of carbonyl (C=O) groups is 3. The van der Waals surface area contributed by atoms with Gasteiger partial charge < -0.3 is 38.3 Å². The summed E-state index contributed by atoms with van der Waals surface area (Å²) in [5.74, 6) is -2.96.